The second-order valence-electron chi connectivity index (χ2n) is 1.68. The van der Waals surface area contributed by atoms with Crippen LogP contribution < -0.4 is 5.73 Å². The molecule has 0 aromatic rings. The molecule has 0 saturated heterocycles. The third-order valence-corrected chi connectivity index (χ3v) is 0.792. The van der Waals surface area contributed by atoms with E-state index in [0.29, 0.717) is 0 Å². The summed E-state index contributed by atoms with van der Waals surface area (Å²) >= 11 is 0. The Bertz CT molecular complexity index is 184. The lowest BCUT2D eigenvalue weighted by molar-refractivity contribution is -0.132. The van der Waals surface area contributed by atoms with E-state index in [1.165, 1.54) is 14.0 Å². The third kappa shape index (κ3) is 2.86. The summed E-state index contributed by atoms with van der Waals surface area (Å²) in [6.45, 7) is 4.80. The van der Waals surface area contributed by atoms with Crippen molar-refractivity contribution in [3.05, 3.63) is 12.4 Å². The van der Waals surface area contributed by atoms with Crippen LogP contribution in [-0.4, -0.2) is 18.8 Å². The van der Waals surface area contributed by atoms with Crippen molar-refractivity contribution in [3.8, 4) is 0 Å². The van der Waals surface area contributed by atoms with Gasteiger partial charge in [0.15, 0.2) is 0 Å². The molecule has 0 aliphatic carbocycles. The number of nitrogens with two attached hydrogens (primary N) is 1. The first-order valence-corrected chi connectivity index (χ1v) is 2.66. The maximum absolute atomic E-state index is 10.6. The van der Waals surface area contributed by atoms with Crippen molar-refractivity contribution in [2.75, 3.05) is 7.11 Å². The van der Waals surface area contributed by atoms with Crippen LogP contribution in [-0.2, 0) is 9.53 Å². The van der Waals surface area contributed by atoms with E-state index in [0.717, 1.165) is 0 Å². The van der Waals surface area contributed by atoms with E-state index in [-0.39, 0.29) is 11.5 Å². The number of nitrogens with zero attached hydrogens (tertiary/aromatic N) is 1. The van der Waals surface area contributed by atoms with Crippen LogP contribution in [0.2, 0.25) is 0 Å². The molecule has 0 aliphatic heterocycles. The second-order valence-corrected chi connectivity index (χ2v) is 1.68. The maximum Gasteiger partial charge on any atom is 0.352 e. The summed E-state index contributed by atoms with van der Waals surface area (Å²) in [6.07, 6.45) is 0. The van der Waals surface area contributed by atoms with E-state index < -0.39 is 5.97 Å². The first-order valence-electron chi connectivity index (χ1n) is 2.66. The van der Waals surface area contributed by atoms with Crippen molar-refractivity contribution in [1.29, 1.82) is 0 Å². The standard InChI is InChI=1S/C6H10N2O2/c1-4(6(9)10-3)8-5(2)7/h2,7H2,1,3H3. The lowest BCUT2D eigenvalue weighted by Crippen LogP contribution is -2.12. The number of aliphatic imine (C=N–C) groups is 1. The molecular formula is C6H10N2O2. The van der Waals surface area contributed by atoms with Gasteiger partial charge in [-0.3, -0.25) is 0 Å². The second kappa shape index (κ2) is 3.66. The van der Waals surface area contributed by atoms with Gasteiger partial charge in [0.05, 0.1) is 7.11 Å². The fraction of sp³-hybridized carbons (Fsp3) is 0.333. The van der Waals surface area contributed by atoms with Crippen LogP contribution in [0.4, 0.5) is 0 Å². The van der Waals surface area contributed by atoms with Crippen LogP contribution in [0.15, 0.2) is 17.4 Å². The fourth-order valence-corrected chi connectivity index (χ4v) is 0.409. The summed E-state index contributed by atoms with van der Waals surface area (Å²) < 4.78 is 4.35. The fourth-order valence-electron chi connectivity index (χ4n) is 0.409. The number of rotatable bonds is 2. The van der Waals surface area contributed by atoms with E-state index >= 15 is 0 Å². The molecule has 0 fully saturated rings. The topological polar surface area (TPSA) is 64.7 Å². The number of esters is 1. The monoisotopic (exact) mass is 142 g/mol. The molecule has 0 heterocycles. The van der Waals surface area contributed by atoms with Gasteiger partial charge in [-0.25, -0.2) is 9.79 Å². The van der Waals surface area contributed by atoms with E-state index in [1.807, 2.05) is 0 Å². The molecule has 0 bridgehead atoms. The Kier molecular flexibility index (Phi) is 3.17. The van der Waals surface area contributed by atoms with E-state index in [1.54, 1.807) is 0 Å². The highest BCUT2D eigenvalue weighted by Gasteiger charge is 2.03. The van der Waals surface area contributed by atoms with Crippen molar-refractivity contribution in [1.82, 2.24) is 0 Å². The molecule has 0 aromatic carbocycles. The average molecular weight is 142 g/mol. The normalized spacial score (nSPS) is 10.8. The summed E-state index contributed by atoms with van der Waals surface area (Å²) in [7, 11) is 1.28. The Balaban J connectivity index is 4.19. The van der Waals surface area contributed by atoms with Crippen molar-refractivity contribution >= 4 is 11.7 Å². The highest BCUT2D eigenvalue weighted by molar-refractivity contribution is 6.35. The smallest absolute Gasteiger partial charge is 0.352 e. The summed E-state index contributed by atoms with van der Waals surface area (Å²) in [5.41, 5.74) is 5.30. The quantitative estimate of drug-likeness (QED) is 0.437. The van der Waals surface area contributed by atoms with Crippen molar-refractivity contribution < 1.29 is 9.53 Å². The van der Waals surface area contributed by atoms with Gasteiger partial charge in [-0.1, -0.05) is 6.58 Å². The summed E-state index contributed by atoms with van der Waals surface area (Å²) in [4.78, 5) is 14.2. The van der Waals surface area contributed by atoms with Gasteiger partial charge in [0.2, 0.25) is 0 Å². The number of hydrogen-bond acceptors (Lipinski definition) is 4. The van der Waals surface area contributed by atoms with E-state index in [2.05, 4.69) is 16.3 Å². The van der Waals surface area contributed by atoms with Gasteiger partial charge in [-0.05, 0) is 6.92 Å². The van der Waals surface area contributed by atoms with Crippen molar-refractivity contribution in [2.45, 2.75) is 6.92 Å². The van der Waals surface area contributed by atoms with Crippen LogP contribution >= 0.6 is 0 Å². The molecule has 2 N–H and O–H groups in total. The Hall–Kier alpha value is -1.32. The molecule has 0 spiro atoms. The van der Waals surface area contributed by atoms with Crippen LogP contribution in [0.3, 0.4) is 0 Å². The minimum absolute atomic E-state index is 0.0999. The molecule has 0 amide bonds. The van der Waals surface area contributed by atoms with E-state index in [9.17, 15) is 4.79 Å². The van der Waals surface area contributed by atoms with Crippen LogP contribution in [0, 0.1) is 0 Å². The molecule has 4 nitrogen and oxygen atoms in total. The lowest BCUT2D eigenvalue weighted by atomic mass is 10.4. The first-order chi connectivity index (χ1) is 4.57. The largest absolute Gasteiger partial charge is 0.465 e. The van der Waals surface area contributed by atoms with Crippen molar-refractivity contribution in [3.63, 3.8) is 0 Å². The molecule has 56 valence electrons. The summed E-state index contributed by atoms with van der Waals surface area (Å²) in [6, 6.07) is 0. The third-order valence-electron chi connectivity index (χ3n) is 0.792. The minimum Gasteiger partial charge on any atom is -0.465 e. The predicted octanol–water partition coefficient (Wildman–Crippen LogP) is 0.0502. The summed E-state index contributed by atoms with van der Waals surface area (Å²) in [5, 5.41) is 0. The highest BCUT2D eigenvalue weighted by Crippen LogP contribution is 1.86. The number of carbonyl (C=O) groups is 1. The Morgan fingerprint density at radius 2 is 2.20 bits per heavy atom. The van der Waals surface area contributed by atoms with Gasteiger partial charge < -0.3 is 10.5 Å². The number of methoxy groups -OCH3 is 1. The molecule has 0 aliphatic rings. The van der Waals surface area contributed by atoms with Crippen molar-refractivity contribution in [2.24, 2.45) is 10.7 Å². The molecule has 0 atom stereocenters. The maximum atomic E-state index is 10.6. The zero-order valence-corrected chi connectivity index (χ0v) is 6.05. The SMILES string of the molecule is C=C(N)N=C(C)C(=O)OC. The Morgan fingerprint density at radius 3 is 2.50 bits per heavy atom. The van der Waals surface area contributed by atoms with Gasteiger partial charge in [0.1, 0.15) is 11.5 Å². The van der Waals surface area contributed by atoms with Crippen LogP contribution in [0.5, 0.6) is 0 Å². The molecule has 0 radical (unpaired) electrons. The van der Waals surface area contributed by atoms with Gasteiger partial charge in [0.25, 0.3) is 0 Å². The number of carbonyl (C=O) groups excluding carboxylic acids is 1. The molecule has 0 unspecified atom stereocenters. The highest BCUT2D eigenvalue weighted by atomic mass is 16.5. The minimum atomic E-state index is -0.494. The summed E-state index contributed by atoms with van der Waals surface area (Å²) in [5.74, 6) is -0.394. The number of hydrogen-bond donors (Lipinski definition) is 1. The van der Waals surface area contributed by atoms with Gasteiger partial charge in [-0.2, -0.15) is 0 Å². The Labute approximate surface area is 59.4 Å². The van der Waals surface area contributed by atoms with Gasteiger partial charge in [0, 0.05) is 0 Å². The number of ether oxygens (including phenoxy) is 1. The van der Waals surface area contributed by atoms with Gasteiger partial charge in [-0.15, -0.1) is 0 Å². The lowest BCUT2D eigenvalue weighted by Gasteiger charge is -1.95. The zero-order valence-electron chi connectivity index (χ0n) is 6.05. The van der Waals surface area contributed by atoms with E-state index in [4.69, 9.17) is 5.73 Å². The molecular weight excluding hydrogens is 132 g/mol. The molecule has 0 aromatic heterocycles. The predicted molar refractivity (Wildman–Crippen MR) is 38.5 cm³/mol. The molecule has 0 rings (SSSR count). The zero-order chi connectivity index (χ0) is 8.15. The van der Waals surface area contributed by atoms with Crippen LogP contribution in [0.1, 0.15) is 6.92 Å². The Morgan fingerprint density at radius 1 is 1.70 bits per heavy atom. The molecule has 4 heteroatoms. The molecule has 10 heavy (non-hydrogen) atoms. The average Bonchev–Trinajstić information content (AvgIpc) is 1.85. The van der Waals surface area contributed by atoms with Gasteiger partial charge >= 0.3 is 5.97 Å². The molecule has 0 saturated carbocycles. The first kappa shape index (κ1) is 8.68. The van der Waals surface area contributed by atoms with Crippen LogP contribution in [0.25, 0.3) is 0 Å².